The van der Waals surface area contributed by atoms with Crippen LogP contribution < -0.4 is 5.32 Å². The molecule has 5 nitrogen and oxygen atoms in total. The van der Waals surface area contributed by atoms with Crippen molar-refractivity contribution in [1.82, 2.24) is 14.9 Å². The van der Waals surface area contributed by atoms with Gasteiger partial charge < -0.3 is 15.0 Å². The predicted molar refractivity (Wildman–Crippen MR) is 56.4 cm³/mol. The Bertz CT molecular complexity index is 333. The number of aromatic nitrogens is 2. The standard InChI is InChI=1S/C10H17N3O2/c1-7(4-8(2)14)12-10(15)9-5-13(3)6-11-9/h5-8,14H,4H2,1-3H3,(H,12,15). The molecule has 0 fully saturated rings. The summed E-state index contributed by atoms with van der Waals surface area (Å²) in [6, 6.07) is -0.0560. The maximum Gasteiger partial charge on any atom is 0.271 e. The van der Waals surface area contributed by atoms with Gasteiger partial charge in [0, 0.05) is 19.3 Å². The molecule has 2 unspecified atom stereocenters. The second-order valence-corrected chi connectivity index (χ2v) is 3.88. The molecule has 0 saturated carbocycles. The first-order valence-electron chi connectivity index (χ1n) is 4.96. The van der Waals surface area contributed by atoms with E-state index in [1.54, 1.807) is 24.0 Å². The van der Waals surface area contributed by atoms with E-state index >= 15 is 0 Å². The molecular formula is C10H17N3O2. The molecule has 0 spiro atoms. The van der Waals surface area contributed by atoms with Gasteiger partial charge in [0.25, 0.3) is 5.91 Å². The molecule has 1 heterocycles. The molecule has 0 bridgehead atoms. The second-order valence-electron chi connectivity index (χ2n) is 3.88. The van der Waals surface area contributed by atoms with Gasteiger partial charge in [-0.05, 0) is 20.3 Å². The number of imidazole rings is 1. The Balaban J connectivity index is 2.49. The van der Waals surface area contributed by atoms with Crippen molar-refractivity contribution < 1.29 is 9.90 Å². The number of amides is 1. The van der Waals surface area contributed by atoms with Crippen LogP contribution >= 0.6 is 0 Å². The van der Waals surface area contributed by atoms with Gasteiger partial charge in [-0.25, -0.2) is 4.98 Å². The van der Waals surface area contributed by atoms with Gasteiger partial charge in [0.2, 0.25) is 0 Å². The molecule has 0 aliphatic carbocycles. The molecule has 1 rings (SSSR count). The summed E-state index contributed by atoms with van der Waals surface area (Å²) in [4.78, 5) is 15.5. The monoisotopic (exact) mass is 211 g/mol. The lowest BCUT2D eigenvalue weighted by molar-refractivity contribution is 0.0918. The zero-order valence-electron chi connectivity index (χ0n) is 9.27. The van der Waals surface area contributed by atoms with Crippen molar-refractivity contribution in [3.8, 4) is 0 Å². The lowest BCUT2D eigenvalue weighted by atomic mass is 10.1. The third-order valence-corrected chi connectivity index (χ3v) is 2.01. The molecule has 0 radical (unpaired) electrons. The van der Waals surface area contributed by atoms with E-state index in [1.807, 2.05) is 14.0 Å². The molecule has 15 heavy (non-hydrogen) atoms. The first-order valence-corrected chi connectivity index (χ1v) is 4.96. The number of hydrogen-bond donors (Lipinski definition) is 2. The summed E-state index contributed by atoms with van der Waals surface area (Å²) < 4.78 is 1.72. The lowest BCUT2D eigenvalue weighted by Gasteiger charge is -2.14. The largest absolute Gasteiger partial charge is 0.393 e. The number of aliphatic hydroxyl groups is 1. The van der Waals surface area contributed by atoms with Crippen molar-refractivity contribution in [3.05, 3.63) is 18.2 Å². The van der Waals surface area contributed by atoms with Crippen LogP contribution in [0.25, 0.3) is 0 Å². The van der Waals surface area contributed by atoms with Crippen molar-refractivity contribution >= 4 is 5.91 Å². The first-order chi connectivity index (χ1) is 6.99. The topological polar surface area (TPSA) is 67.2 Å². The van der Waals surface area contributed by atoms with Gasteiger partial charge in [-0.15, -0.1) is 0 Å². The van der Waals surface area contributed by atoms with Crippen LogP contribution in [0.15, 0.2) is 12.5 Å². The molecule has 0 aliphatic heterocycles. The molecule has 1 aromatic rings. The number of nitrogens with zero attached hydrogens (tertiary/aromatic N) is 2. The fourth-order valence-electron chi connectivity index (χ4n) is 1.40. The van der Waals surface area contributed by atoms with E-state index in [0.29, 0.717) is 12.1 Å². The summed E-state index contributed by atoms with van der Waals surface area (Å²) in [5.74, 6) is -0.205. The van der Waals surface area contributed by atoms with Crippen molar-refractivity contribution in [2.45, 2.75) is 32.4 Å². The van der Waals surface area contributed by atoms with E-state index in [0.717, 1.165) is 0 Å². The molecule has 0 saturated heterocycles. The normalized spacial score (nSPS) is 14.7. The Morgan fingerprint density at radius 1 is 1.67 bits per heavy atom. The van der Waals surface area contributed by atoms with Crippen LogP contribution in [0.5, 0.6) is 0 Å². The fraction of sp³-hybridized carbons (Fsp3) is 0.600. The van der Waals surface area contributed by atoms with Crippen LogP contribution in [0.3, 0.4) is 0 Å². The number of aliphatic hydroxyl groups excluding tert-OH is 1. The number of nitrogens with one attached hydrogen (secondary N) is 1. The minimum Gasteiger partial charge on any atom is -0.393 e. The Labute approximate surface area is 89.1 Å². The molecule has 1 aromatic heterocycles. The highest BCUT2D eigenvalue weighted by Crippen LogP contribution is 1.99. The van der Waals surface area contributed by atoms with Gasteiger partial charge in [-0.2, -0.15) is 0 Å². The van der Waals surface area contributed by atoms with Crippen LogP contribution in [-0.4, -0.2) is 32.7 Å². The number of aryl methyl sites for hydroxylation is 1. The van der Waals surface area contributed by atoms with Gasteiger partial charge in [0.15, 0.2) is 0 Å². The minimum atomic E-state index is -0.413. The third-order valence-electron chi connectivity index (χ3n) is 2.01. The summed E-state index contributed by atoms with van der Waals surface area (Å²) in [6.45, 7) is 3.55. The van der Waals surface area contributed by atoms with Crippen molar-refractivity contribution in [2.75, 3.05) is 0 Å². The third kappa shape index (κ3) is 3.71. The fourth-order valence-corrected chi connectivity index (χ4v) is 1.40. The van der Waals surface area contributed by atoms with Gasteiger partial charge in [-0.3, -0.25) is 4.79 Å². The highest BCUT2D eigenvalue weighted by molar-refractivity contribution is 5.92. The minimum absolute atomic E-state index is 0.0560. The van der Waals surface area contributed by atoms with E-state index in [2.05, 4.69) is 10.3 Å². The van der Waals surface area contributed by atoms with Gasteiger partial charge in [-0.1, -0.05) is 0 Å². The van der Waals surface area contributed by atoms with Crippen LogP contribution in [0.2, 0.25) is 0 Å². The van der Waals surface area contributed by atoms with E-state index in [1.165, 1.54) is 0 Å². The van der Waals surface area contributed by atoms with Gasteiger partial charge >= 0.3 is 0 Å². The Morgan fingerprint density at radius 3 is 2.80 bits per heavy atom. The average molecular weight is 211 g/mol. The van der Waals surface area contributed by atoms with E-state index in [4.69, 9.17) is 5.11 Å². The Hall–Kier alpha value is -1.36. The predicted octanol–water partition coefficient (Wildman–Crippen LogP) is 0.309. The molecule has 2 atom stereocenters. The lowest BCUT2D eigenvalue weighted by Crippen LogP contribution is -2.34. The highest BCUT2D eigenvalue weighted by atomic mass is 16.3. The number of carbonyl (C=O) groups is 1. The molecule has 5 heteroatoms. The van der Waals surface area contributed by atoms with Crippen LogP contribution in [0, 0.1) is 0 Å². The van der Waals surface area contributed by atoms with Crippen LogP contribution in [0.4, 0.5) is 0 Å². The molecule has 0 aromatic carbocycles. The van der Waals surface area contributed by atoms with Gasteiger partial charge in [0.05, 0.1) is 12.4 Å². The molecule has 2 N–H and O–H groups in total. The van der Waals surface area contributed by atoms with Crippen molar-refractivity contribution in [2.24, 2.45) is 7.05 Å². The summed E-state index contributed by atoms with van der Waals surface area (Å²) in [5, 5.41) is 11.9. The maximum absolute atomic E-state index is 11.6. The smallest absolute Gasteiger partial charge is 0.271 e. The van der Waals surface area contributed by atoms with Crippen LogP contribution in [0.1, 0.15) is 30.8 Å². The van der Waals surface area contributed by atoms with E-state index < -0.39 is 6.10 Å². The highest BCUT2D eigenvalue weighted by Gasteiger charge is 2.13. The summed E-state index contributed by atoms with van der Waals surface area (Å²) >= 11 is 0. The van der Waals surface area contributed by atoms with Crippen molar-refractivity contribution in [3.63, 3.8) is 0 Å². The summed E-state index contributed by atoms with van der Waals surface area (Å²) in [6.07, 6.45) is 3.36. The molecular weight excluding hydrogens is 194 g/mol. The quantitative estimate of drug-likeness (QED) is 0.753. The maximum atomic E-state index is 11.6. The summed E-state index contributed by atoms with van der Waals surface area (Å²) in [7, 11) is 1.81. The first kappa shape index (κ1) is 11.7. The Kier molecular flexibility index (Phi) is 3.85. The number of rotatable bonds is 4. The molecule has 84 valence electrons. The number of hydrogen-bond acceptors (Lipinski definition) is 3. The molecule has 1 amide bonds. The summed E-state index contributed by atoms with van der Waals surface area (Å²) in [5.41, 5.74) is 0.398. The van der Waals surface area contributed by atoms with Crippen molar-refractivity contribution in [1.29, 1.82) is 0 Å². The average Bonchev–Trinajstić information content (AvgIpc) is 2.49. The van der Waals surface area contributed by atoms with Gasteiger partial charge in [0.1, 0.15) is 5.69 Å². The molecule has 0 aliphatic rings. The SMILES string of the molecule is CC(O)CC(C)NC(=O)c1cn(C)cn1. The second kappa shape index (κ2) is 4.93. The number of carbonyl (C=O) groups excluding carboxylic acids is 1. The van der Waals surface area contributed by atoms with Crippen LogP contribution in [-0.2, 0) is 7.05 Å². The van der Waals surface area contributed by atoms with E-state index in [-0.39, 0.29) is 11.9 Å². The zero-order chi connectivity index (χ0) is 11.4. The zero-order valence-corrected chi connectivity index (χ0v) is 9.27. The van der Waals surface area contributed by atoms with E-state index in [9.17, 15) is 4.79 Å². The Morgan fingerprint density at radius 2 is 2.33 bits per heavy atom.